The second-order valence-corrected chi connectivity index (χ2v) is 11.1. The molecule has 3 rings (SSSR count). The summed E-state index contributed by atoms with van der Waals surface area (Å²) in [6, 6.07) is 5.93. The first kappa shape index (κ1) is 25.6. The Bertz CT molecular complexity index is 931. The van der Waals surface area contributed by atoms with Gasteiger partial charge in [-0.15, -0.1) is 0 Å². The molecule has 2 fully saturated rings. The molecule has 2 heterocycles. The summed E-state index contributed by atoms with van der Waals surface area (Å²) in [4.78, 5) is 31.2. The van der Waals surface area contributed by atoms with Gasteiger partial charge in [0.1, 0.15) is 0 Å². The highest BCUT2D eigenvalue weighted by Gasteiger charge is 2.30. The number of carbonyl (C=O) groups is 2. The number of benzene rings is 1. The summed E-state index contributed by atoms with van der Waals surface area (Å²) in [5, 5.41) is 3.02. The van der Waals surface area contributed by atoms with E-state index in [1.54, 1.807) is 0 Å². The fourth-order valence-corrected chi connectivity index (χ4v) is 5.28. The van der Waals surface area contributed by atoms with Crippen LogP contribution in [0, 0.1) is 13.8 Å². The third kappa shape index (κ3) is 6.51. The lowest BCUT2D eigenvalue weighted by atomic mass is 10.1. The molecule has 1 aromatic carbocycles. The van der Waals surface area contributed by atoms with Gasteiger partial charge in [0.15, 0.2) is 0 Å². The number of rotatable bonds is 7. The lowest BCUT2D eigenvalue weighted by Gasteiger charge is -2.37. The molecule has 0 unspecified atom stereocenters. The van der Waals surface area contributed by atoms with Gasteiger partial charge in [-0.3, -0.25) is 19.4 Å². The summed E-state index contributed by atoms with van der Waals surface area (Å²) in [6.45, 7) is 8.89. The Balaban J connectivity index is 1.40. The first-order chi connectivity index (χ1) is 15.6. The van der Waals surface area contributed by atoms with Gasteiger partial charge in [0.05, 0.1) is 13.1 Å². The Hall–Kier alpha value is -2.05. The maximum atomic E-state index is 12.7. The lowest BCUT2D eigenvalue weighted by molar-refractivity contribution is -0.134. The van der Waals surface area contributed by atoms with Gasteiger partial charge in [0.25, 0.3) is 10.2 Å². The summed E-state index contributed by atoms with van der Waals surface area (Å²) >= 11 is 0. The quantitative estimate of drug-likeness (QED) is 0.581. The summed E-state index contributed by atoms with van der Waals surface area (Å²) in [5.41, 5.74) is 2.95. The van der Waals surface area contributed by atoms with Crippen LogP contribution in [0.3, 0.4) is 0 Å². The molecule has 1 N–H and O–H groups in total. The molecule has 2 aliphatic rings. The maximum Gasteiger partial charge on any atom is 0.281 e. The second kappa shape index (κ2) is 10.9. The standard InChI is InChI=1S/C22H36N6O4S/c1-18-6-5-7-19(2)22(18)23-20(29)16-25-8-12-27(13-9-25)21(30)17-26-10-14-28(15-11-26)33(31,32)24(3)4/h5-7H,8-17H2,1-4H3,(H,23,29). The molecule has 0 atom stereocenters. The van der Waals surface area contributed by atoms with E-state index in [0.717, 1.165) is 16.8 Å². The molecule has 0 spiro atoms. The van der Waals surface area contributed by atoms with Gasteiger partial charge in [0.2, 0.25) is 11.8 Å². The van der Waals surface area contributed by atoms with Gasteiger partial charge >= 0.3 is 0 Å². The van der Waals surface area contributed by atoms with Gasteiger partial charge in [-0.25, -0.2) is 0 Å². The third-order valence-corrected chi connectivity index (χ3v) is 8.26. The van der Waals surface area contributed by atoms with Crippen LogP contribution in [0.2, 0.25) is 0 Å². The van der Waals surface area contributed by atoms with Crippen molar-refractivity contribution in [3.8, 4) is 0 Å². The molecule has 1 aromatic rings. The van der Waals surface area contributed by atoms with Crippen LogP contribution in [0.5, 0.6) is 0 Å². The van der Waals surface area contributed by atoms with Crippen molar-refractivity contribution in [2.24, 2.45) is 0 Å². The predicted molar refractivity (Wildman–Crippen MR) is 128 cm³/mol. The Labute approximate surface area is 197 Å². The predicted octanol–water partition coefficient (Wildman–Crippen LogP) is -0.190. The van der Waals surface area contributed by atoms with E-state index in [1.165, 1.54) is 22.7 Å². The van der Waals surface area contributed by atoms with Crippen LogP contribution in [-0.2, 0) is 19.8 Å². The minimum absolute atomic E-state index is 0.0438. The van der Waals surface area contributed by atoms with Crippen LogP contribution in [0.25, 0.3) is 0 Å². The SMILES string of the molecule is Cc1cccc(C)c1NC(=O)CN1CCN(C(=O)CN2CCN(S(=O)(=O)N(C)C)CC2)CC1. The molecule has 11 heteroatoms. The van der Waals surface area contributed by atoms with Crippen LogP contribution >= 0.6 is 0 Å². The van der Waals surface area contributed by atoms with Crippen molar-refractivity contribution in [1.82, 2.24) is 23.3 Å². The highest BCUT2D eigenvalue weighted by molar-refractivity contribution is 7.86. The summed E-state index contributed by atoms with van der Waals surface area (Å²) in [5.74, 6) is 0.0104. The number of hydrogen-bond donors (Lipinski definition) is 1. The molecular weight excluding hydrogens is 444 g/mol. The molecule has 0 saturated carbocycles. The molecule has 0 bridgehead atoms. The first-order valence-electron chi connectivity index (χ1n) is 11.3. The summed E-state index contributed by atoms with van der Waals surface area (Å²) < 4.78 is 27.1. The minimum Gasteiger partial charge on any atom is -0.339 e. The molecule has 0 aromatic heterocycles. The number of aryl methyl sites for hydroxylation is 2. The van der Waals surface area contributed by atoms with Crippen molar-refractivity contribution in [3.63, 3.8) is 0 Å². The van der Waals surface area contributed by atoms with Crippen LogP contribution in [0.4, 0.5) is 5.69 Å². The molecule has 2 aliphatic heterocycles. The highest BCUT2D eigenvalue weighted by Crippen LogP contribution is 2.19. The van der Waals surface area contributed by atoms with E-state index < -0.39 is 10.2 Å². The molecule has 33 heavy (non-hydrogen) atoms. The number of amides is 2. The smallest absolute Gasteiger partial charge is 0.281 e. The Morgan fingerprint density at radius 2 is 1.39 bits per heavy atom. The first-order valence-corrected chi connectivity index (χ1v) is 12.7. The number of para-hydroxylation sites is 1. The van der Waals surface area contributed by atoms with Crippen molar-refractivity contribution in [2.45, 2.75) is 13.8 Å². The van der Waals surface area contributed by atoms with E-state index in [4.69, 9.17) is 0 Å². The largest absolute Gasteiger partial charge is 0.339 e. The monoisotopic (exact) mass is 480 g/mol. The van der Waals surface area contributed by atoms with Gasteiger partial charge < -0.3 is 10.2 Å². The highest BCUT2D eigenvalue weighted by atomic mass is 32.2. The zero-order chi connectivity index (χ0) is 24.2. The van der Waals surface area contributed by atoms with Crippen molar-refractivity contribution >= 4 is 27.7 Å². The van der Waals surface area contributed by atoms with Gasteiger partial charge in [0, 0.05) is 72.1 Å². The van der Waals surface area contributed by atoms with Crippen LogP contribution < -0.4 is 5.32 Å². The van der Waals surface area contributed by atoms with E-state index in [9.17, 15) is 18.0 Å². The molecule has 2 saturated heterocycles. The van der Waals surface area contributed by atoms with Crippen molar-refractivity contribution < 1.29 is 18.0 Å². The van der Waals surface area contributed by atoms with Crippen molar-refractivity contribution in [2.75, 3.05) is 84.9 Å². The van der Waals surface area contributed by atoms with Gasteiger partial charge in [-0.2, -0.15) is 17.0 Å². The van der Waals surface area contributed by atoms with Crippen LogP contribution in [0.15, 0.2) is 18.2 Å². The third-order valence-electron chi connectivity index (χ3n) is 6.32. The maximum absolute atomic E-state index is 12.7. The number of anilines is 1. The lowest BCUT2D eigenvalue weighted by Crippen LogP contribution is -2.55. The van der Waals surface area contributed by atoms with E-state index in [2.05, 4.69) is 10.2 Å². The molecule has 0 radical (unpaired) electrons. The average Bonchev–Trinajstić information content (AvgIpc) is 2.77. The second-order valence-electron chi connectivity index (χ2n) is 8.94. The fraction of sp³-hybridized carbons (Fsp3) is 0.636. The fourth-order valence-electron chi connectivity index (χ4n) is 4.19. The summed E-state index contributed by atoms with van der Waals surface area (Å²) in [6.07, 6.45) is 0. The molecule has 184 valence electrons. The number of hydrogen-bond acceptors (Lipinski definition) is 6. The van der Waals surface area contributed by atoms with Crippen molar-refractivity contribution in [1.29, 1.82) is 0 Å². The Morgan fingerprint density at radius 1 is 0.879 bits per heavy atom. The number of carbonyl (C=O) groups excluding carboxylic acids is 2. The van der Waals surface area contributed by atoms with Gasteiger partial charge in [-0.05, 0) is 25.0 Å². The zero-order valence-electron chi connectivity index (χ0n) is 20.1. The van der Waals surface area contributed by atoms with Crippen LogP contribution in [0.1, 0.15) is 11.1 Å². The van der Waals surface area contributed by atoms with Gasteiger partial charge in [-0.1, -0.05) is 18.2 Å². The minimum atomic E-state index is -3.41. The van der Waals surface area contributed by atoms with Crippen LogP contribution in [-0.4, -0.2) is 123 Å². The summed E-state index contributed by atoms with van der Waals surface area (Å²) in [7, 11) is -0.355. The molecule has 2 amide bonds. The van der Waals surface area contributed by atoms with E-state index in [-0.39, 0.29) is 11.8 Å². The molecular formula is C22H36N6O4S. The van der Waals surface area contributed by atoms with E-state index in [0.29, 0.717) is 65.4 Å². The van der Waals surface area contributed by atoms with E-state index in [1.807, 2.05) is 41.8 Å². The van der Waals surface area contributed by atoms with Crippen molar-refractivity contribution in [3.05, 3.63) is 29.3 Å². The molecule has 0 aliphatic carbocycles. The average molecular weight is 481 g/mol. The Morgan fingerprint density at radius 3 is 1.94 bits per heavy atom. The number of piperazine rings is 2. The molecule has 10 nitrogen and oxygen atoms in total. The normalized spacial score (nSPS) is 19.1. The number of nitrogens with one attached hydrogen (secondary N) is 1. The Kier molecular flexibility index (Phi) is 8.46. The zero-order valence-corrected chi connectivity index (χ0v) is 20.9. The topological polar surface area (TPSA) is 96.5 Å². The van der Waals surface area contributed by atoms with E-state index >= 15 is 0 Å². The number of nitrogens with zero attached hydrogens (tertiary/aromatic N) is 5.